The molecule has 0 atom stereocenters. The van der Waals surface area contributed by atoms with E-state index >= 15 is 0 Å². The van der Waals surface area contributed by atoms with Gasteiger partial charge in [-0.3, -0.25) is 4.79 Å². The van der Waals surface area contributed by atoms with Crippen molar-refractivity contribution in [3.8, 4) is 5.88 Å². The molecule has 0 unspecified atom stereocenters. The van der Waals surface area contributed by atoms with Crippen molar-refractivity contribution in [3.05, 3.63) is 47.7 Å². The smallest absolute Gasteiger partial charge is 0.344 e. The van der Waals surface area contributed by atoms with Crippen LogP contribution in [0, 0.1) is 6.92 Å². The third-order valence-electron chi connectivity index (χ3n) is 4.67. The number of ether oxygens (including phenoxy) is 3. The van der Waals surface area contributed by atoms with Crippen LogP contribution in [-0.2, 0) is 24.3 Å². The second-order valence-electron chi connectivity index (χ2n) is 6.91. The van der Waals surface area contributed by atoms with Gasteiger partial charge in [0, 0.05) is 25.0 Å². The predicted molar refractivity (Wildman–Crippen MR) is 115 cm³/mol. The number of rotatable bonds is 8. The molecule has 32 heavy (non-hydrogen) atoms. The highest BCUT2D eigenvalue weighted by Crippen LogP contribution is 2.24. The van der Waals surface area contributed by atoms with E-state index in [1.807, 2.05) is 0 Å². The van der Waals surface area contributed by atoms with Crippen molar-refractivity contribution in [2.24, 2.45) is 0 Å². The van der Waals surface area contributed by atoms with Crippen LogP contribution in [0.1, 0.15) is 22.8 Å². The Hall–Kier alpha value is -3.02. The van der Waals surface area contributed by atoms with Crippen molar-refractivity contribution in [1.29, 1.82) is 0 Å². The topological polar surface area (TPSA) is 124 Å². The van der Waals surface area contributed by atoms with E-state index in [0.717, 1.165) is 0 Å². The Bertz CT molecular complexity index is 1080. The average Bonchev–Trinajstić information content (AvgIpc) is 2.80. The second kappa shape index (κ2) is 10.5. The SMILES string of the molecule is CCOc1ncccc1C(=O)OCC(=O)Nc1ccc(C)c(S(=O)(=O)N2CCOCC2)c1. The first-order valence-electron chi connectivity index (χ1n) is 10.1. The van der Waals surface area contributed by atoms with Gasteiger partial charge in [-0.2, -0.15) is 4.31 Å². The third-order valence-corrected chi connectivity index (χ3v) is 6.71. The largest absolute Gasteiger partial charge is 0.477 e. The number of benzene rings is 1. The lowest BCUT2D eigenvalue weighted by atomic mass is 10.2. The van der Waals surface area contributed by atoms with Gasteiger partial charge >= 0.3 is 5.97 Å². The number of nitrogens with one attached hydrogen (secondary N) is 1. The van der Waals surface area contributed by atoms with Crippen molar-refractivity contribution in [1.82, 2.24) is 9.29 Å². The zero-order valence-electron chi connectivity index (χ0n) is 17.9. The molecule has 11 heteroatoms. The molecule has 1 amide bonds. The van der Waals surface area contributed by atoms with Crippen LogP contribution in [0.2, 0.25) is 0 Å². The Morgan fingerprint density at radius 1 is 1.22 bits per heavy atom. The fraction of sp³-hybridized carbons (Fsp3) is 0.381. The van der Waals surface area contributed by atoms with Crippen LogP contribution in [0.15, 0.2) is 41.4 Å². The van der Waals surface area contributed by atoms with Gasteiger partial charge in [0.05, 0.1) is 24.7 Å². The maximum atomic E-state index is 13.0. The van der Waals surface area contributed by atoms with E-state index in [1.165, 1.54) is 22.6 Å². The van der Waals surface area contributed by atoms with Gasteiger partial charge in [0.2, 0.25) is 15.9 Å². The van der Waals surface area contributed by atoms with E-state index in [4.69, 9.17) is 14.2 Å². The minimum atomic E-state index is -3.73. The molecule has 0 saturated carbocycles. The maximum Gasteiger partial charge on any atom is 0.344 e. The minimum absolute atomic E-state index is 0.103. The number of aromatic nitrogens is 1. The summed E-state index contributed by atoms with van der Waals surface area (Å²) in [5.41, 5.74) is 0.942. The van der Waals surface area contributed by atoms with Gasteiger partial charge in [-0.1, -0.05) is 6.07 Å². The predicted octanol–water partition coefficient (Wildman–Crippen LogP) is 1.61. The van der Waals surface area contributed by atoms with Crippen LogP contribution in [0.25, 0.3) is 0 Å². The minimum Gasteiger partial charge on any atom is -0.477 e. The van der Waals surface area contributed by atoms with E-state index < -0.39 is 28.5 Å². The Balaban J connectivity index is 1.66. The van der Waals surface area contributed by atoms with Gasteiger partial charge in [0.25, 0.3) is 5.91 Å². The van der Waals surface area contributed by atoms with Crippen molar-refractivity contribution in [3.63, 3.8) is 0 Å². The third kappa shape index (κ3) is 5.61. The summed E-state index contributed by atoms with van der Waals surface area (Å²) < 4.78 is 42.9. The van der Waals surface area contributed by atoms with Crippen LogP contribution in [0.4, 0.5) is 5.69 Å². The summed E-state index contributed by atoms with van der Waals surface area (Å²) >= 11 is 0. The first-order valence-corrected chi connectivity index (χ1v) is 11.5. The van der Waals surface area contributed by atoms with Gasteiger partial charge < -0.3 is 19.5 Å². The molecular formula is C21H25N3O7S. The Morgan fingerprint density at radius 3 is 2.69 bits per heavy atom. The van der Waals surface area contributed by atoms with Gasteiger partial charge in [-0.25, -0.2) is 18.2 Å². The molecule has 1 aliphatic heterocycles. The van der Waals surface area contributed by atoms with Gasteiger partial charge in [-0.15, -0.1) is 0 Å². The summed E-state index contributed by atoms with van der Waals surface area (Å²) in [5, 5.41) is 2.56. The summed E-state index contributed by atoms with van der Waals surface area (Å²) in [6.45, 7) is 4.42. The molecule has 0 spiro atoms. The van der Waals surface area contributed by atoms with Crippen molar-refractivity contribution in [2.45, 2.75) is 18.7 Å². The number of morpholine rings is 1. The second-order valence-corrected chi connectivity index (χ2v) is 8.82. The molecule has 1 fully saturated rings. The molecule has 0 aliphatic carbocycles. The molecule has 10 nitrogen and oxygen atoms in total. The quantitative estimate of drug-likeness (QED) is 0.586. The van der Waals surface area contributed by atoms with Crippen molar-refractivity contribution in [2.75, 3.05) is 44.8 Å². The molecule has 172 valence electrons. The molecule has 2 heterocycles. The van der Waals surface area contributed by atoms with E-state index in [0.29, 0.717) is 25.4 Å². The molecule has 1 N–H and O–H groups in total. The zero-order valence-corrected chi connectivity index (χ0v) is 18.7. The lowest BCUT2D eigenvalue weighted by Crippen LogP contribution is -2.40. The van der Waals surface area contributed by atoms with Crippen LogP contribution >= 0.6 is 0 Å². The van der Waals surface area contributed by atoms with Crippen LogP contribution < -0.4 is 10.1 Å². The summed E-state index contributed by atoms with van der Waals surface area (Å²) in [5.74, 6) is -1.24. The molecule has 1 aromatic carbocycles. The molecular weight excluding hydrogens is 438 g/mol. The fourth-order valence-corrected chi connectivity index (χ4v) is 4.74. The van der Waals surface area contributed by atoms with Crippen LogP contribution in [-0.4, -0.2) is 69.1 Å². The number of sulfonamides is 1. The molecule has 1 aromatic heterocycles. The Labute approximate surface area is 186 Å². The maximum absolute atomic E-state index is 13.0. The van der Waals surface area contributed by atoms with Gasteiger partial charge in [0.15, 0.2) is 6.61 Å². The number of esters is 1. The fourth-order valence-electron chi connectivity index (χ4n) is 3.09. The molecule has 1 aliphatic rings. The Morgan fingerprint density at radius 2 is 1.97 bits per heavy atom. The monoisotopic (exact) mass is 463 g/mol. The molecule has 1 saturated heterocycles. The highest BCUT2D eigenvalue weighted by Gasteiger charge is 2.28. The summed E-state index contributed by atoms with van der Waals surface area (Å²) in [7, 11) is -3.73. The molecule has 0 radical (unpaired) electrons. The van der Waals surface area contributed by atoms with E-state index in [9.17, 15) is 18.0 Å². The van der Waals surface area contributed by atoms with Crippen molar-refractivity contribution >= 4 is 27.6 Å². The number of amides is 1. The first kappa shape index (κ1) is 23.6. The Kier molecular flexibility index (Phi) is 7.78. The lowest BCUT2D eigenvalue weighted by molar-refractivity contribution is -0.119. The van der Waals surface area contributed by atoms with Crippen LogP contribution in [0.3, 0.4) is 0 Å². The van der Waals surface area contributed by atoms with E-state index in [-0.39, 0.29) is 35.1 Å². The number of aryl methyl sites for hydroxylation is 1. The number of pyridine rings is 1. The number of anilines is 1. The highest BCUT2D eigenvalue weighted by molar-refractivity contribution is 7.89. The highest BCUT2D eigenvalue weighted by atomic mass is 32.2. The van der Waals surface area contributed by atoms with E-state index in [2.05, 4.69) is 10.3 Å². The van der Waals surface area contributed by atoms with Crippen molar-refractivity contribution < 1.29 is 32.2 Å². The number of hydrogen-bond acceptors (Lipinski definition) is 8. The molecule has 0 bridgehead atoms. The van der Waals surface area contributed by atoms with Gasteiger partial charge in [0.1, 0.15) is 5.56 Å². The van der Waals surface area contributed by atoms with E-state index in [1.54, 1.807) is 32.0 Å². The summed E-state index contributed by atoms with van der Waals surface area (Å²) in [4.78, 5) is 28.7. The lowest BCUT2D eigenvalue weighted by Gasteiger charge is -2.26. The number of hydrogen-bond donors (Lipinski definition) is 1. The standard InChI is InChI=1S/C21H25N3O7S/c1-3-30-20-17(5-4-8-22-20)21(26)31-14-19(25)23-16-7-6-15(2)18(13-16)32(27,28)24-9-11-29-12-10-24/h4-8,13H,3,9-12,14H2,1-2H3,(H,23,25). The molecule has 2 aromatic rings. The summed E-state index contributed by atoms with van der Waals surface area (Å²) in [6.07, 6.45) is 1.48. The van der Waals surface area contributed by atoms with Gasteiger partial charge in [-0.05, 0) is 43.7 Å². The number of carbonyl (C=O) groups excluding carboxylic acids is 2. The first-order chi connectivity index (χ1) is 15.3. The summed E-state index contributed by atoms with van der Waals surface area (Å²) in [6, 6.07) is 7.64. The molecule has 3 rings (SSSR count). The average molecular weight is 464 g/mol. The number of nitrogens with zero attached hydrogens (tertiary/aromatic N) is 2. The normalized spacial score (nSPS) is 14.6. The van der Waals surface area contributed by atoms with Crippen LogP contribution in [0.5, 0.6) is 5.88 Å². The number of carbonyl (C=O) groups is 2. The zero-order chi connectivity index (χ0) is 23.1.